The number of nitrogens with one attached hydrogen (secondary N) is 3. The molecule has 41 heavy (non-hydrogen) atoms. The van der Waals surface area contributed by atoms with Gasteiger partial charge in [0.05, 0.1) is 18.6 Å². The smallest absolute Gasteiger partial charge is 0.326 e. The quantitative estimate of drug-likeness (QED) is 0.0888. The predicted octanol–water partition coefficient (Wildman–Crippen LogP) is 3.38. The second-order valence-corrected chi connectivity index (χ2v) is 10.2. The van der Waals surface area contributed by atoms with Crippen molar-refractivity contribution < 1.29 is 29.3 Å². The van der Waals surface area contributed by atoms with Crippen LogP contribution in [0.5, 0.6) is 0 Å². The van der Waals surface area contributed by atoms with E-state index in [1.165, 1.54) is 12.1 Å². The second-order valence-electron chi connectivity index (χ2n) is 10.2. The third kappa shape index (κ3) is 8.63. The summed E-state index contributed by atoms with van der Waals surface area (Å²) < 4.78 is 15.8. The van der Waals surface area contributed by atoms with Crippen molar-refractivity contribution in [1.29, 1.82) is 5.41 Å². The molecule has 0 saturated heterocycles. The fraction of sp³-hybridized carbons (Fsp3) is 0.367. The molecule has 0 spiro atoms. The summed E-state index contributed by atoms with van der Waals surface area (Å²) in [6, 6.07) is 13.0. The van der Waals surface area contributed by atoms with Crippen molar-refractivity contribution in [3.63, 3.8) is 0 Å². The van der Waals surface area contributed by atoms with Crippen molar-refractivity contribution in [2.24, 2.45) is 5.73 Å². The second kappa shape index (κ2) is 14.4. The number of aliphatic hydroxyl groups is 2. The minimum atomic E-state index is -1.21. The predicted molar refractivity (Wildman–Crippen MR) is 157 cm³/mol. The van der Waals surface area contributed by atoms with Crippen LogP contribution in [0.2, 0.25) is 0 Å². The van der Waals surface area contributed by atoms with Gasteiger partial charge in [-0.05, 0) is 56.5 Å². The topological polar surface area (TPSA) is 174 Å². The summed E-state index contributed by atoms with van der Waals surface area (Å²) in [6.45, 7) is 4.37. The lowest BCUT2D eigenvalue weighted by Gasteiger charge is -2.17. The Hall–Kier alpha value is -4.22. The zero-order valence-corrected chi connectivity index (χ0v) is 23.2. The summed E-state index contributed by atoms with van der Waals surface area (Å²) in [7, 11) is 0. The molecule has 220 valence electrons. The van der Waals surface area contributed by atoms with Crippen LogP contribution >= 0.6 is 0 Å². The first-order valence-electron chi connectivity index (χ1n) is 13.5. The molecule has 0 aliphatic heterocycles. The highest BCUT2D eigenvalue weighted by molar-refractivity contribution is 6.01. The summed E-state index contributed by atoms with van der Waals surface area (Å²) in [5.41, 5.74) is 8.69. The molecule has 0 aliphatic rings. The number of benzene rings is 2. The summed E-state index contributed by atoms with van der Waals surface area (Å²) in [4.78, 5) is 23.9. The van der Waals surface area contributed by atoms with E-state index in [2.05, 4.69) is 15.2 Å². The number of carboxylic acids is 1. The van der Waals surface area contributed by atoms with E-state index in [1.807, 2.05) is 38.1 Å². The van der Waals surface area contributed by atoms with Gasteiger partial charge in [0.1, 0.15) is 11.9 Å². The SMILES string of the molecule is CC(C)n1c(/C=C/[C@H](O)C[C@H](O)CC(=O)NC(CCCNC(=N)N)C(=O)O)c(-c2ccc(F)cc2)c2ccccc21. The maximum atomic E-state index is 13.7. The highest BCUT2D eigenvalue weighted by Crippen LogP contribution is 2.38. The fourth-order valence-electron chi connectivity index (χ4n) is 4.82. The molecule has 1 amide bonds. The molecule has 1 heterocycles. The first-order chi connectivity index (χ1) is 19.5. The van der Waals surface area contributed by atoms with Crippen molar-refractivity contribution in [1.82, 2.24) is 15.2 Å². The van der Waals surface area contributed by atoms with Crippen molar-refractivity contribution in [3.8, 4) is 11.1 Å². The number of halogens is 1. The molecule has 11 heteroatoms. The van der Waals surface area contributed by atoms with Gasteiger partial charge in [-0.3, -0.25) is 10.2 Å². The van der Waals surface area contributed by atoms with Crippen LogP contribution in [-0.4, -0.2) is 62.5 Å². The van der Waals surface area contributed by atoms with Crippen molar-refractivity contribution in [3.05, 3.63) is 66.1 Å². The van der Waals surface area contributed by atoms with E-state index < -0.39 is 30.1 Å². The van der Waals surface area contributed by atoms with Gasteiger partial charge in [-0.2, -0.15) is 0 Å². The molecule has 10 nitrogen and oxygen atoms in total. The van der Waals surface area contributed by atoms with Crippen LogP contribution in [-0.2, 0) is 9.59 Å². The highest BCUT2D eigenvalue weighted by atomic mass is 19.1. The van der Waals surface area contributed by atoms with Gasteiger partial charge in [-0.1, -0.05) is 36.4 Å². The Balaban J connectivity index is 1.72. The minimum Gasteiger partial charge on any atom is -0.480 e. The number of aliphatic carboxylic acids is 1. The number of fused-ring (bicyclic) bond motifs is 1. The molecular weight excluding hydrogens is 529 g/mol. The molecule has 1 unspecified atom stereocenters. The van der Waals surface area contributed by atoms with Crippen molar-refractivity contribution in [2.75, 3.05) is 6.54 Å². The Kier molecular flexibility index (Phi) is 11.0. The van der Waals surface area contributed by atoms with Crippen LogP contribution in [0.15, 0.2) is 54.6 Å². The van der Waals surface area contributed by atoms with E-state index >= 15 is 0 Å². The van der Waals surface area contributed by atoms with Crippen LogP contribution in [0.1, 0.15) is 51.3 Å². The number of hydrogen-bond donors (Lipinski definition) is 7. The summed E-state index contributed by atoms with van der Waals surface area (Å²) in [5.74, 6) is -2.43. The van der Waals surface area contributed by atoms with Crippen LogP contribution in [0, 0.1) is 11.2 Å². The molecule has 3 atom stereocenters. The number of hydrogen-bond acceptors (Lipinski definition) is 5. The lowest BCUT2D eigenvalue weighted by molar-refractivity contribution is -0.142. The number of para-hydroxylation sites is 1. The lowest BCUT2D eigenvalue weighted by Crippen LogP contribution is -2.42. The number of aliphatic hydroxyl groups excluding tert-OH is 2. The molecule has 3 aromatic rings. The Morgan fingerprint density at radius 2 is 1.80 bits per heavy atom. The average molecular weight is 568 g/mol. The zero-order valence-electron chi connectivity index (χ0n) is 23.2. The van der Waals surface area contributed by atoms with Crippen LogP contribution in [0.3, 0.4) is 0 Å². The Morgan fingerprint density at radius 1 is 1.12 bits per heavy atom. The van der Waals surface area contributed by atoms with Crippen LogP contribution in [0.4, 0.5) is 4.39 Å². The van der Waals surface area contributed by atoms with Gasteiger partial charge in [-0.25, -0.2) is 9.18 Å². The molecule has 0 fully saturated rings. The average Bonchev–Trinajstić information content (AvgIpc) is 3.23. The normalized spacial score (nSPS) is 13.8. The number of carbonyl (C=O) groups excluding carboxylic acids is 1. The maximum absolute atomic E-state index is 13.7. The van der Waals surface area contributed by atoms with Crippen LogP contribution in [0.25, 0.3) is 28.1 Å². The third-order valence-corrected chi connectivity index (χ3v) is 6.63. The number of carboxylic acid groups (broad SMARTS) is 1. The standard InChI is InChI=1S/C30H38FN5O5/c1-18(2)36-25-8-4-3-6-23(25)28(19-9-11-20(31)12-10-19)26(36)14-13-21(37)16-22(38)17-27(39)35-24(29(40)41)7-5-15-34-30(32)33/h3-4,6,8-14,18,21-22,24,37-38H,5,7,15-17H2,1-2H3,(H,35,39)(H,40,41)(H4,32,33,34)/b14-13+/t21-,22-,24?/m0/s1. The number of rotatable bonds is 14. The van der Waals surface area contributed by atoms with Gasteiger partial charge < -0.3 is 36.3 Å². The molecule has 0 bridgehead atoms. The molecule has 2 aromatic carbocycles. The Morgan fingerprint density at radius 3 is 2.44 bits per heavy atom. The largest absolute Gasteiger partial charge is 0.480 e. The number of carbonyl (C=O) groups is 2. The van der Waals surface area contributed by atoms with E-state index in [4.69, 9.17) is 11.1 Å². The van der Waals surface area contributed by atoms with Gasteiger partial charge in [-0.15, -0.1) is 0 Å². The first-order valence-corrected chi connectivity index (χ1v) is 13.5. The summed E-state index contributed by atoms with van der Waals surface area (Å²) >= 11 is 0. The van der Waals surface area contributed by atoms with Crippen LogP contribution < -0.4 is 16.4 Å². The number of aromatic nitrogens is 1. The fourth-order valence-corrected chi connectivity index (χ4v) is 4.82. The molecule has 8 N–H and O–H groups in total. The van der Waals surface area contributed by atoms with E-state index in [0.717, 1.165) is 27.7 Å². The molecule has 1 aromatic heterocycles. The third-order valence-electron chi connectivity index (χ3n) is 6.63. The number of guanidine groups is 1. The zero-order chi connectivity index (χ0) is 30.1. The van der Waals surface area contributed by atoms with Gasteiger partial charge in [0.25, 0.3) is 0 Å². The first kappa shape index (κ1) is 31.3. The van der Waals surface area contributed by atoms with E-state index in [-0.39, 0.29) is 43.6 Å². The highest BCUT2D eigenvalue weighted by Gasteiger charge is 2.23. The van der Waals surface area contributed by atoms with E-state index in [1.54, 1.807) is 24.3 Å². The van der Waals surface area contributed by atoms with Gasteiger partial charge in [0, 0.05) is 41.2 Å². The molecular formula is C30H38FN5O5. The molecule has 3 rings (SSSR count). The van der Waals surface area contributed by atoms with E-state index in [9.17, 15) is 29.3 Å². The van der Waals surface area contributed by atoms with Gasteiger partial charge in [0.15, 0.2) is 5.96 Å². The molecule has 0 aliphatic carbocycles. The van der Waals surface area contributed by atoms with Gasteiger partial charge >= 0.3 is 5.97 Å². The number of amides is 1. The monoisotopic (exact) mass is 567 g/mol. The van der Waals surface area contributed by atoms with Crippen molar-refractivity contribution >= 4 is 34.8 Å². The minimum absolute atomic E-state index is 0.0700. The van der Waals surface area contributed by atoms with E-state index in [0.29, 0.717) is 6.42 Å². The maximum Gasteiger partial charge on any atom is 0.326 e. The number of nitrogens with two attached hydrogens (primary N) is 1. The lowest BCUT2D eigenvalue weighted by atomic mass is 10.0. The Labute approximate surface area is 238 Å². The summed E-state index contributed by atoms with van der Waals surface area (Å²) in [6.07, 6.45) is 0.959. The summed E-state index contributed by atoms with van der Waals surface area (Å²) in [5, 5.41) is 43.6. The Bertz CT molecular complexity index is 1390. The van der Waals surface area contributed by atoms with Gasteiger partial charge in [0.2, 0.25) is 5.91 Å². The molecule has 0 saturated carbocycles. The molecule has 0 radical (unpaired) electrons. The number of nitrogens with zero attached hydrogens (tertiary/aromatic N) is 1. The van der Waals surface area contributed by atoms with Crippen molar-refractivity contribution in [2.45, 2.75) is 63.8 Å².